The van der Waals surface area contributed by atoms with E-state index in [2.05, 4.69) is 21.8 Å². The molecule has 0 radical (unpaired) electrons. The summed E-state index contributed by atoms with van der Waals surface area (Å²) >= 11 is 0. The Morgan fingerprint density at radius 1 is 1.38 bits per heavy atom. The summed E-state index contributed by atoms with van der Waals surface area (Å²) < 4.78 is 0. The van der Waals surface area contributed by atoms with Crippen molar-refractivity contribution in [2.75, 3.05) is 41.8 Å². The number of nitrogens with zero attached hydrogens (tertiary/aromatic N) is 4. The number of anilines is 3. The lowest BCUT2D eigenvalue weighted by Crippen LogP contribution is -2.40. The minimum absolute atomic E-state index is 0.0912. The van der Waals surface area contributed by atoms with E-state index >= 15 is 0 Å². The van der Waals surface area contributed by atoms with E-state index in [0.29, 0.717) is 18.3 Å². The summed E-state index contributed by atoms with van der Waals surface area (Å²) in [4.78, 5) is 13.1. The molecule has 0 saturated carbocycles. The molecule has 1 fully saturated rings. The molecule has 0 aliphatic carbocycles. The average molecular weight is 293 g/mol. The zero-order valence-corrected chi connectivity index (χ0v) is 13.1. The molecular formula is C15H27N5O. The first-order valence-corrected chi connectivity index (χ1v) is 7.95. The van der Waals surface area contributed by atoms with Gasteiger partial charge in [0, 0.05) is 25.7 Å². The summed E-state index contributed by atoms with van der Waals surface area (Å²) in [6.45, 7) is 6.64. The van der Waals surface area contributed by atoms with E-state index in [1.165, 1.54) is 19.3 Å². The second-order valence-electron chi connectivity index (χ2n) is 5.49. The Morgan fingerprint density at radius 2 is 2.19 bits per heavy atom. The quantitative estimate of drug-likeness (QED) is 0.830. The molecule has 3 N–H and O–H groups in total. The largest absolute Gasteiger partial charge is 0.395 e. The molecule has 1 atom stereocenters. The van der Waals surface area contributed by atoms with Crippen molar-refractivity contribution in [2.24, 2.45) is 0 Å². The van der Waals surface area contributed by atoms with E-state index in [0.717, 1.165) is 31.1 Å². The number of hydrogen-bond acceptors (Lipinski definition) is 6. The van der Waals surface area contributed by atoms with Crippen molar-refractivity contribution >= 4 is 17.3 Å². The topological polar surface area (TPSA) is 78.5 Å². The second-order valence-corrected chi connectivity index (χ2v) is 5.49. The van der Waals surface area contributed by atoms with Gasteiger partial charge in [-0.1, -0.05) is 6.92 Å². The zero-order valence-electron chi connectivity index (χ0n) is 13.1. The van der Waals surface area contributed by atoms with Crippen LogP contribution in [0, 0.1) is 0 Å². The Balaban J connectivity index is 2.31. The molecule has 1 aromatic heterocycles. The van der Waals surface area contributed by atoms with Crippen LogP contribution in [0.25, 0.3) is 0 Å². The molecule has 0 spiro atoms. The van der Waals surface area contributed by atoms with Crippen LogP contribution in [0.5, 0.6) is 0 Å². The fraction of sp³-hybridized carbons (Fsp3) is 0.733. The molecular weight excluding hydrogens is 266 g/mol. The van der Waals surface area contributed by atoms with Crippen LogP contribution in [0.3, 0.4) is 0 Å². The zero-order chi connectivity index (χ0) is 15.2. The van der Waals surface area contributed by atoms with E-state index in [1.54, 1.807) is 6.33 Å². The maximum absolute atomic E-state index is 9.18. The smallest absolute Gasteiger partial charge is 0.157 e. The second kappa shape index (κ2) is 7.45. The van der Waals surface area contributed by atoms with Crippen molar-refractivity contribution in [1.82, 2.24) is 9.97 Å². The minimum atomic E-state index is 0.0912. The minimum Gasteiger partial charge on any atom is -0.395 e. The van der Waals surface area contributed by atoms with Crippen molar-refractivity contribution in [3.05, 3.63) is 6.33 Å². The van der Waals surface area contributed by atoms with Crippen LogP contribution in [-0.4, -0.2) is 47.4 Å². The first kappa shape index (κ1) is 15.8. The molecule has 0 aromatic carbocycles. The van der Waals surface area contributed by atoms with Gasteiger partial charge in [0.05, 0.1) is 6.61 Å². The standard InChI is InChI=1S/C15H27N5O/c1-3-12-7-5-6-8-20(12)15-13(16)14(17-11-18-15)19(4-2)9-10-21/h11-12,21H,3-10,16H2,1-2H3. The normalized spacial score (nSPS) is 18.8. The highest BCUT2D eigenvalue weighted by atomic mass is 16.3. The number of aromatic nitrogens is 2. The van der Waals surface area contributed by atoms with Gasteiger partial charge in [-0.2, -0.15) is 0 Å². The molecule has 6 nitrogen and oxygen atoms in total. The molecule has 1 aliphatic heterocycles. The van der Waals surface area contributed by atoms with E-state index in [-0.39, 0.29) is 6.61 Å². The maximum Gasteiger partial charge on any atom is 0.157 e. The summed E-state index contributed by atoms with van der Waals surface area (Å²) in [5.41, 5.74) is 6.98. The van der Waals surface area contributed by atoms with Crippen molar-refractivity contribution in [3.8, 4) is 0 Å². The average Bonchev–Trinajstić information content (AvgIpc) is 2.53. The maximum atomic E-state index is 9.18. The molecule has 2 heterocycles. The van der Waals surface area contributed by atoms with Gasteiger partial charge in [0.2, 0.25) is 0 Å². The first-order valence-electron chi connectivity index (χ1n) is 7.95. The SMILES string of the molecule is CCC1CCCCN1c1ncnc(N(CC)CCO)c1N. The number of hydrogen-bond donors (Lipinski definition) is 2. The Bertz CT molecular complexity index is 454. The van der Waals surface area contributed by atoms with E-state index in [4.69, 9.17) is 5.73 Å². The van der Waals surface area contributed by atoms with E-state index in [1.807, 2.05) is 11.8 Å². The van der Waals surface area contributed by atoms with Gasteiger partial charge in [-0.05, 0) is 32.6 Å². The molecule has 1 saturated heterocycles. The number of nitrogens with two attached hydrogens (primary N) is 1. The van der Waals surface area contributed by atoms with Gasteiger partial charge in [0.1, 0.15) is 12.0 Å². The summed E-state index contributed by atoms with van der Waals surface area (Å²) in [6.07, 6.45) is 6.35. The van der Waals surface area contributed by atoms with Gasteiger partial charge in [-0.25, -0.2) is 9.97 Å². The van der Waals surface area contributed by atoms with Crippen molar-refractivity contribution in [1.29, 1.82) is 0 Å². The molecule has 2 rings (SSSR count). The predicted molar refractivity (Wildman–Crippen MR) is 86.7 cm³/mol. The number of aliphatic hydroxyl groups excluding tert-OH is 1. The van der Waals surface area contributed by atoms with Crippen LogP contribution in [0.15, 0.2) is 6.33 Å². The molecule has 1 aliphatic rings. The number of aliphatic hydroxyl groups is 1. The molecule has 118 valence electrons. The fourth-order valence-electron chi connectivity index (χ4n) is 3.10. The fourth-order valence-corrected chi connectivity index (χ4v) is 3.10. The van der Waals surface area contributed by atoms with Gasteiger partial charge < -0.3 is 20.6 Å². The summed E-state index contributed by atoms with van der Waals surface area (Å²) in [5.74, 6) is 1.58. The van der Waals surface area contributed by atoms with Crippen LogP contribution >= 0.6 is 0 Å². The van der Waals surface area contributed by atoms with Crippen LogP contribution in [0.1, 0.15) is 39.5 Å². The lowest BCUT2D eigenvalue weighted by molar-refractivity contribution is 0.302. The van der Waals surface area contributed by atoms with Crippen molar-refractivity contribution < 1.29 is 5.11 Å². The monoisotopic (exact) mass is 293 g/mol. The Kier molecular flexibility index (Phi) is 5.61. The third-order valence-corrected chi connectivity index (χ3v) is 4.26. The van der Waals surface area contributed by atoms with Crippen molar-refractivity contribution in [2.45, 2.75) is 45.6 Å². The highest BCUT2D eigenvalue weighted by molar-refractivity contribution is 5.76. The number of piperidine rings is 1. The number of rotatable bonds is 6. The third kappa shape index (κ3) is 3.37. The number of nitrogen functional groups attached to an aromatic ring is 1. The highest BCUT2D eigenvalue weighted by Crippen LogP contribution is 2.33. The van der Waals surface area contributed by atoms with Crippen LogP contribution in [0.4, 0.5) is 17.3 Å². The lowest BCUT2D eigenvalue weighted by Gasteiger charge is -2.37. The summed E-state index contributed by atoms with van der Waals surface area (Å²) in [6, 6.07) is 0.511. The van der Waals surface area contributed by atoms with Gasteiger partial charge in [0.25, 0.3) is 0 Å². The van der Waals surface area contributed by atoms with Gasteiger partial charge in [0.15, 0.2) is 11.6 Å². The van der Waals surface area contributed by atoms with Crippen molar-refractivity contribution in [3.63, 3.8) is 0 Å². The van der Waals surface area contributed by atoms with E-state index < -0.39 is 0 Å². The molecule has 21 heavy (non-hydrogen) atoms. The van der Waals surface area contributed by atoms with Crippen LogP contribution < -0.4 is 15.5 Å². The molecule has 6 heteroatoms. The molecule has 0 amide bonds. The Hall–Kier alpha value is -1.56. The molecule has 1 aromatic rings. The molecule has 1 unspecified atom stereocenters. The van der Waals surface area contributed by atoms with Gasteiger partial charge >= 0.3 is 0 Å². The van der Waals surface area contributed by atoms with Crippen LogP contribution in [-0.2, 0) is 0 Å². The van der Waals surface area contributed by atoms with Gasteiger partial charge in [-0.3, -0.25) is 0 Å². The lowest BCUT2D eigenvalue weighted by atomic mass is 10.00. The Morgan fingerprint density at radius 3 is 2.86 bits per heavy atom. The third-order valence-electron chi connectivity index (χ3n) is 4.26. The van der Waals surface area contributed by atoms with Gasteiger partial charge in [-0.15, -0.1) is 0 Å². The molecule has 0 bridgehead atoms. The number of likely N-dealkylation sites (N-methyl/N-ethyl adjacent to an activating group) is 1. The first-order chi connectivity index (χ1) is 10.2. The van der Waals surface area contributed by atoms with Crippen LogP contribution in [0.2, 0.25) is 0 Å². The van der Waals surface area contributed by atoms with E-state index in [9.17, 15) is 5.11 Å². The predicted octanol–water partition coefficient (Wildman–Crippen LogP) is 1.65. The summed E-state index contributed by atoms with van der Waals surface area (Å²) in [5, 5.41) is 9.18. The summed E-state index contributed by atoms with van der Waals surface area (Å²) in [7, 11) is 0. The highest BCUT2D eigenvalue weighted by Gasteiger charge is 2.25. The Labute approximate surface area is 127 Å².